The summed E-state index contributed by atoms with van der Waals surface area (Å²) in [5, 5.41) is 11.5. The van der Waals surface area contributed by atoms with Crippen LogP contribution in [0.15, 0.2) is 16.9 Å². The molecular formula is C8H9BrN4. The minimum Gasteiger partial charge on any atom is -0.353 e. The molecule has 5 heteroatoms. The number of hydrogen-bond donors (Lipinski definition) is 1. The van der Waals surface area contributed by atoms with Crippen molar-refractivity contribution in [2.45, 2.75) is 6.92 Å². The average Bonchev–Trinajstić information content (AvgIpc) is 2.16. The van der Waals surface area contributed by atoms with Crippen molar-refractivity contribution >= 4 is 21.9 Å². The normalized spacial score (nSPS) is 11.8. The van der Waals surface area contributed by atoms with Gasteiger partial charge in [0.1, 0.15) is 0 Å². The first-order chi connectivity index (χ1) is 6.22. The van der Waals surface area contributed by atoms with E-state index in [1.165, 1.54) is 0 Å². The standard InChI is InChI=1S/C8H9BrN4/c1-6(2-10)3-11-8-12-4-7(9)5-13-8/h4-6H,3H2,1H3,(H,11,12,13)/t6-/m1/s1. The van der Waals surface area contributed by atoms with E-state index in [2.05, 4.69) is 37.3 Å². The third kappa shape index (κ3) is 3.38. The average molecular weight is 241 g/mol. The summed E-state index contributed by atoms with van der Waals surface area (Å²) < 4.78 is 0.839. The van der Waals surface area contributed by atoms with E-state index in [9.17, 15) is 0 Å². The Bertz CT molecular complexity index is 303. The molecule has 0 spiro atoms. The van der Waals surface area contributed by atoms with Gasteiger partial charge in [0.15, 0.2) is 0 Å². The molecule has 1 N–H and O–H groups in total. The minimum atomic E-state index is -0.0350. The summed E-state index contributed by atoms with van der Waals surface area (Å²) >= 11 is 3.23. The van der Waals surface area contributed by atoms with Crippen LogP contribution in [0.4, 0.5) is 5.95 Å². The van der Waals surface area contributed by atoms with E-state index < -0.39 is 0 Å². The van der Waals surface area contributed by atoms with Crippen molar-refractivity contribution in [1.82, 2.24) is 9.97 Å². The molecular weight excluding hydrogens is 232 g/mol. The number of nitriles is 1. The molecule has 1 atom stereocenters. The molecule has 0 bridgehead atoms. The SMILES string of the molecule is C[C@H](C#N)CNc1ncc(Br)cn1. The first-order valence-electron chi connectivity index (χ1n) is 3.83. The molecule has 0 fully saturated rings. The minimum absolute atomic E-state index is 0.0350. The molecule has 68 valence electrons. The summed E-state index contributed by atoms with van der Waals surface area (Å²) in [6, 6.07) is 2.12. The van der Waals surface area contributed by atoms with E-state index in [1.807, 2.05) is 6.92 Å². The van der Waals surface area contributed by atoms with Crippen LogP contribution in [0.5, 0.6) is 0 Å². The van der Waals surface area contributed by atoms with E-state index in [4.69, 9.17) is 5.26 Å². The molecule has 4 nitrogen and oxygen atoms in total. The molecule has 0 amide bonds. The van der Waals surface area contributed by atoms with Gasteiger partial charge in [0, 0.05) is 18.9 Å². The van der Waals surface area contributed by atoms with Gasteiger partial charge in [-0.15, -0.1) is 0 Å². The number of nitrogens with one attached hydrogen (secondary N) is 1. The number of nitrogens with zero attached hydrogens (tertiary/aromatic N) is 3. The van der Waals surface area contributed by atoms with Crippen LogP contribution in [0.3, 0.4) is 0 Å². The second kappa shape index (κ2) is 4.77. The summed E-state index contributed by atoms with van der Waals surface area (Å²) in [5.41, 5.74) is 0. The maximum Gasteiger partial charge on any atom is 0.222 e. The lowest BCUT2D eigenvalue weighted by molar-refractivity contribution is 0.778. The number of anilines is 1. The van der Waals surface area contributed by atoms with Gasteiger partial charge in [-0.1, -0.05) is 0 Å². The summed E-state index contributed by atoms with van der Waals surface area (Å²) in [7, 11) is 0. The highest BCUT2D eigenvalue weighted by Crippen LogP contribution is 2.06. The summed E-state index contributed by atoms with van der Waals surface area (Å²) in [6.07, 6.45) is 3.32. The predicted molar refractivity (Wildman–Crippen MR) is 53.0 cm³/mol. The van der Waals surface area contributed by atoms with E-state index in [0.717, 1.165) is 4.47 Å². The van der Waals surface area contributed by atoms with Crippen LogP contribution < -0.4 is 5.32 Å². The molecule has 1 rings (SSSR count). The topological polar surface area (TPSA) is 61.6 Å². The summed E-state index contributed by atoms with van der Waals surface area (Å²) in [5.74, 6) is 0.512. The van der Waals surface area contributed by atoms with Gasteiger partial charge >= 0.3 is 0 Å². The van der Waals surface area contributed by atoms with Crippen LogP contribution in [-0.2, 0) is 0 Å². The second-order valence-electron chi connectivity index (χ2n) is 2.64. The first-order valence-corrected chi connectivity index (χ1v) is 4.62. The highest BCUT2D eigenvalue weighted by atomic mass is 79.9. The van der Waals surface area contributed by atoms with Crippen LogP contribution >= 0.6 is 15.9 Å². The van der Waals surface area contributed by atoms with Crippen molar-refractivity contribution in [3.05, 3.63) is 16.9 Å². The number of halogens is 1. The molecule has 0 saturated carbocycles. The zero-order valence-corrected chi connectivity index (χ0v) is 8.74. The second-order valence-corrected chi connectivity index (χ2v) is 3.55. The van der Waals surface area contributed by atoms with Crippen molar-refractivity contribution in [1.29, 1.82) is 5.26 Å². The van der Waals surface area contributed by atoms with Crippen molar-refractivity contribution in [2.75, 3.05) is 11.9 Å². The molecule has 0 aliphatic heterocycles. The van der Waals surface area contributed by atoms with Gasteiger partial charge in [-0.25, -0.2) is 9.97 Å². The lowest BCUT2D eigenvalue weighted by atomic mass is 10.2. The first kappa shape index (κ1) is 9.93. The van der Waals surface area contributed by atoms with Crippen molar-refractivity contribution < 1.29 is 0 Å². The lowest BCUT2D eigenvalue weighted by Gasteiger charge is -2.04. The summed E-state index contributed by atoms with van der Waals surface area (Å²) in [6.45, 7) is 2.41. The zero-order valence-electron chi connectivity index (χ0n) is 7.16. The van der Waals surface area contributed by atoms with Gasteiger partial charge in [0.25, 0.3) is 0 Å². The fourth-order valence-corrected chi connectivity index (χ4v) is 0.898. The predicted octanol–water partition coefficient (Wildman–Crippen LogP) is 1.81. The van der Waals surface area contributed by atoms with Crippen molar-refractivity contribution in [3.63, 3.8) is 0 Å². The molecule has 0 unspecified atom stereocenters. The molecule has 0 saturated heterocycles. The molecule has 1 heterocycles. The molecule has 1 aromatic heterocycles. The van der Waals surface area contributed by atoms with Crippen LogP contribution in [0.25, 0.3) is 0 Å². The highest BCUT2D eigenvalue weighted by Gasteiger charge is 2.00. The van der Waals surface area contributed by atoms with Crippen molar-refractivity contribution in [3.8, 4) is 6.07 Å². The van der Waals surface area contributed by atoms with Gasteiger partial charge in [-0.2, -0.15) is 5.26 Å². The Morgan fingerprint density at radius 1 is 1.62 bits per heavy atom. The van der Waals surface area contributed by atoms with Gasteiger partial charge in [-0.3, -0.25) is 0 Å². The van der Waals surface area contributed by atoms with Crippen LogP contribution in [0.1, 0.15) is 6.92 Å². The van der Waals surface area contributed by atoms with E-state index in [-0.39, 0.29) is 5.92 Å². The van der Waals surface area contributed by atoms with E-state index >= 15 is 0 Å². The number of hydrogen-bond acceptors (Lipinski definition) is 4. The van der Waals surface area contributed by atoms with Crippen molar-refractivity contribution in [2.24, 2.45) is 5.92 Å². The fourth-order valence-electron chi connectivity index (χ4n) is 0.694. The summed E-state index contributed by atoms with van der Waals surface area (Å²) in [4.78, 5) is 8.01. The van der Waals surface area contributed by atoms with Gasteiger partial charge in [-0.05, 0) is 22.9 Å². The molecule has 1 aromatic rings. The monoisotopic (exact) mass is 240 g/mol. The Kier molecular flexibility index (Phi) is 3.65. The molecule has 0 aliphatic rings. The quantitative estimate of drug-likeness (QED) is 0.876. The zero-order chi connectivity index (χ0) is 9.68. The largest absolute Gasteiger partial charge is 0.353 e. The third-order valence-corrected chi connectivity index (χ3v) is 1.82. The third-order valence-electron chi connectivity index (χ3n) is 1.41. The Labute approximate surface area is 85.1 Å². The molecule has 13 heavy (non-hydrogen) atoms. The van der Waals surface area contributed by atoms with Crippen LogP contribution in [0.2, 0.25) is 0 Å². The molecule has 0 aliphatic carbocycles. The van der Waals surface area contributed by atoms with E-state index in [1.54, 1.807) is 12.4 Å². The smallest absolute Gasteiger partial charge is 0.222 e. The Morgan fingerprint density at radius 2 is 2.23 bits per heavy atom. The van der Waals surface area contributed by atoms with Gasteiger partial charge in [0.05, 0.1) is 16.5 Å². The molecule has 0 radical (unpaired) electrons. The number of aromatic nitrogens is 2. The van der Waals surface area contributed by atoms with E-state index in [0.29, 0.717) is 12.5 Å². The maximum absolute atomic E-state index is 8.52. The fraction of sp³-hybridized carbons (Fsp3) is 0.375. The molecule has 0 aromatic carbocycles. The Hall–Kier alpha value is -1.15. The lowest BCUT2D eigenvalue weighted by Crippen LogP contribution is -2.11. The highest BCUT2D eigenvalue weighted by molar-refractivity contribution is 9.10. The van der Waals surface area contributed by atoms with Crippen LogP contribution in [-0.4, -0.2) is 16.5 Å². The van der Waals surface area contributed by atoms with Gasteiger partial charge < -0.3 is 5.32 Å². The Balaban J connectivity index is 2.47. The number of rotatable bonds is 3. The Morgan fingerprint density at radius 3 is 2.77 bits per heavy atom. The maximum atomic E-state index is 8.52. The van der Waals surface area contributed by atoms with Gasteiger partial charge in [0.2, 0.25) is 5.95 Å². The van der Waals surface area contributed by atoms with Crippen LogP contribution in [0, 0.1) is 17.2 Å².